The second kappa shape index (κ2) is 9.79. The number of carbonyl (C=O) groups is 1. The van der Waals surface area contributed by atoms with Crippen LogP contribution in [0, 0.1) is 0 Å². The largest absolute Gasteiger partial charge is 0.490 e. The summed E-state index contributed by atoms with van der Waals surface area (Å²) in [5.74, 6) is 0.525. The zero-order chi connectivity index (χ0) is 23.5. The van der Waals surface area contributed by atoms with Gasteiger partial charge in [0.2, 0.25) is 0 Å². The predicted octanol–water partition coefficient (Wildman–Crippen LogP) is 4.31. The standard InChI is InChI=1S/C27H32N2O4/c1-5-6-9-29-17-24(22-14-19(4)15-23(22)27(29)31)20-7-8-21(25(16-20)33-18(2)3)26(30)28-10-12-32-13-11-28/h5-8,14,16-18H,9-13,15H2,1-4H3/b6-5+. The summed E-state index contributed by atoms with van der Waals surface area (Å²) >= 11 is 0. The van der Waals surface area contributed by atoms with Crippen molar-refractivity contribution in [2.45, 2.75) is 46.8 Å². The molecule has 2 heterocycles. The van der Waals surface area contributed by atoms with E-state index in [1.807, 2.05) is 62.2 Å². The van der Waals surface area contributed by atoms with Crippen LogP contribution in [0.3, 0.4) is 0 Å². The second-order valence-electron chi connectivity index (χ2n) is 8.91. The summed E-state index contributed by atoms with van der Waals surface area (Å²) in [6, 6.07) is 5.75. The zero-order valence-electron chi connectivity index (χ0n) is 19.9. The fourth-order valence-electron chi connectivity index (χ4n) is 4.39. The van der Waals surface area contributed by atoms with Gasteiger partial charge in [0.25, 0.3) is 11.5 Å². The van der Waals surface area contributed by atoms with E-state index >= 15 is 0 Å². The number of hydrogen-bond acceptors (Lipinski definition) is 4. The number of aromatic nitrogens is 1. The van der Waals surface area contributed by atoms with E-state index in [4.69, 9.17) is 9.47 Å². The molecular weight excluding hydrogens is 416 g/mol. The highest BCUT2D eigenvalue weighted by Gasteiger charge is 2.25. The van der Waals surface area contributed by atoms with E-state index < -0.39 is 0 Å². The Hall–Kier alpha value is -3.12. The van der Waals surface area contributed by atoms with Gasteiger partial charge in [0.15, 0.2) is 0 Å². The SMILES string of the molecule is C/C=C/Cn1cc(-c2ccc(C(=O)N3CCOCC3)c(OC(C)C)c2)c2c(c1=O)CC(C)=C2. The lowest BCUT2D eigenvalue weighted by molar-refractivity contribution is 0.0299. The van der Waals surface area contributed by atoms with Crippen molar-refractivity contribution in [2.75, 3.05) is 26.3 Å². The topological polar surface area (TPSA) is 60.8 Å². The molecule has 0 unspecified atom stereocenters. The molecule has 33 heavy (non-hydrogen) atoms. The maximum Gasteiger partial charge on any atom is 0.257 e. The number of amides is 1. The van der Waals surface area contributed by atoms with Crippen LogP contribution in [0.2, 0.25) is 0 Å². The van der Waals surface area contributed by atoms with Crippen molar-refractivity contribution in [1.29, 1.82) is 0 Å². The molecule has 1 fully saturated rings. The van der Waals surface area contributed by atoms with Gasteiger partial charge in [-0.25, -0.2) is 0 Å². The third-order valence-corrected chi connectivity index (χ3v) is 5.99. The number of fused-ring (bicyclic) bond motifs is 1. The van der Waals surface area contributed by atoms with Crippen LogP contribution in [-0.2, 0) is 17.7 Å². The normalized spacial score (nSPS) is 15.8. The van der Waals surface area contributed by atoms with Crippen molar-refractivity contribution < 1.29 is 14.3 Å². The van der Waals surface area contributed by atoms with E-state index in [1.165, 1.54) is 5.57 Å². The lowest BCUT2D eigenvalue weighted by atomic mass is 9.97. The summed E-state index contributed by atoms with van der Waals surface area (Å²) in [5.41, 5.74) is 5.49. The van der Waals surface area contributed by atoms with Crippen molar-refractivity contribution in [3.8, 4) is 16.9 Å². The highest BCUT2D eigenvalue weighted by atomic mass is 16.5. The fourth-order valence-corrected chi connectivity index (χ4v) is 4.39. The van der Waals surface area contributed by atoms with E-state index in [2.05, 4.69) is 13.0 Å². The van der Waals surface area contributed by atoms with Crippen molar-refractivity contribution in [3.63, 3.8) is 0 Å². The first kappa shape index (κ1) is 23.1. The number of nitrogens with zero attached hydrogens (tertiary/aromatic N) is 2. The number of rotatable bonds is 6. The summed E-state index contributed by atoms with van der Waals surface area (Å²) in [6.45, 7) is 10.7. The molecule has 0 saturated carbocycles. The smallest absolute Gasteiger partial charge is 0.257 e. The molecular formula is C27H32N2O4. The van der Waals surface area contributed by atoms with Gasteiger partial charge in [-0.1, -0.05) is 29.9 Å². The Balaban J connectivity index is 1.81. The lowest BCUT2D eigenvalue weighted by Gasteiger charge is -2.28. The molecule has 1 aromatic carbocycles. The fraction of sp³-hybridized carbons (Fsp3) is 0.407. The summed E-state index contributed by atoms with van der Waals surface area (Å²) < 4.78 is 13.3. The lowest BCUT2D eigenvalue weighted by Crippen LogP contribution is -2.40. The van der Waals surface area contributed by atoms with E-state index in [0.717, 1.165) is 22.3 Å². The monoisotopic (exact) mass is 448 g/mol. The molecule has 1 aliphatic heterocycles. The van der Waals surface area contributed by atoms with E-state index in [-0.39, 0.29) is 17.6 Å². The van der Waals surface area contributed by atoms with Gasteiger partial charge in [0.1, 0.15) is 5.75 Å². The Morgan fingerprint density at radius 1 is 1.24 bits per heavy atom. The summed E-state index contributed by atoms with van der Waals surface area (Å²) in [6.07, 6.45) is 8.54. The zero-order valence-corrected chi connectivity index (χ0v) is 19.9. The van der Waals surface area contributed by atoms with Gasteiger partial charge in [0, 0.05) is 37.0 Å². The molecule has 2 aromatic rings. The van der Waals surface area contributed by atoms with Crippen molar-refractivity contribution in [1.82, 2.24) is 9.47 Å². The molecule has 1 aromatic heterocycles. The summed E-state index contributed by atoms with van der Waals surface area (Å²) in [4.78, 5) is 28.1. The second-order valence-corrected chi connectivity index (χ2v) is 8.91. The van der Waals surface area contributed by atoms with Gasteiger partial charge in [0.05, 0.1) is 24.9 Å². The highest BCUT2D eigenvalue weighted by molar-refractivity contribution is 5.98. The Morgan fingerprint density at radius 3 is 2.70 bits per heavy atom. The molecule has 1 amide bonds. The molecule has 6 nitrogen and oxygen atoms in total. The minimum atomic E-state index is -0.0759. The summed E-state index contributed by atoms with van der Waals surface area (Å²) in [5, 5.41) is 0. The number of morpholine rings is 1. The maximum atomic E-state index is 13.2. The molecule has 4 rings (SSSR count). The number of ether oxygens (including phenoxy) is 2. The molecule has 0 N–H and O–H groups in total. The number of pyridine rings is 1. The molecule has 2 aliphatic rings. The number of allylic oxidation sites excluding steroid dienone is 3. The van der Waals surface area contributed by atoms with Gasteiger partial charge in [-0.2, -0.15) is 0 Å². The van der Waals surface area contributed by atoms with Crippen LogP contribution in [0.15, 0.2) is 46.9 Å². The van der Waals surface area contributed by atoms with Crippen LogP contribution in [-0.4, -0.2) is 47.8 Å². The van der Waals surface area contributed by atoms with Crippen LogP contribution in [0.5, 0.6) is 5.75 Å². The van der Waals surface area contributed by atoms with Gasteiger partial charge < -0.3 is 18.9 Å². The predicted molar refractivity (Wildman–Crippen MR) is 131 cm³/mol. The Labute approximate surface area is 195 Å². The quantitative estimate of drug-likeness (QED) is 0.618. The highest BCUT2D eigenvalue weighted by Crippen LogP contribution is 2.35. The Bertz CT molecular complexity index is 1170. The molecule has 0 bridgehead atoms. The average molecular weight is 449 g/mol. The maximum absolute atomic E-state index is 13.2. The minimum absolute atomic E-state index is 0.0421. The number of carbonyl (C=O) groups excluding carboxylic acids is 1. The minimum Gasteiger partial charge on any atom is -0.490 e. The van der Waals surface area contributed by atoms with Crippen LogP contribution in [0.4, 0.5) is 0 Å². The molecule has 0 atom stereocenters. The molecule has 0 radical (unpaired) electrons. The third-order valence-electron chi connectivity index (χ3n) is 5.99. The van der Waals surface area contributed by atoms with Crippen LogP contribution in [0.25, 0.3) is 17.2 Å². The van der Waals surface area contributed by atoms with Gasteiger partial charge in [-0.3, -0.25) is 9.59 Å². The van der Waals surface area contributed by atoms with Gasteiger partial charge in [-0.15, -0.1) is 0 Å². The molecule has 6 heteroatoms. The third kappa shape index (κ3) is 4.81. The Morgan fingerprint density at radius 2 is 2.00 bits per heavy atom. The van der Waals surface area contributed by atoms with Crippen molar-refractivity contribution in [2.24, 2.45) is 0 Å². The molecule has 1 saturated heterocycles. The van der Waals surface area contributed by atoms with Gasteiger partial charge in [-0.05, 0) is 57.4 Å². The van der Waals surface area contributed by atoms with Crippen LogP contribution in [0.1, 0.15) is 49.2 Å². The first-order valence-corrected chi connectivity index (χ1v) is 11.6. The van der Waals surface area contributed by atoms with Crippen LogP contribution >= 0.6 is 0 Å². The summed E-state index contributed by atoms with van der Waals surface area (Å²) in [7, 11) is 0. The first-order valence-electron chi connectivity index (χ1n) is 11.6. The average Bonchev–Trinajstić information content (AvgIpc) is 3.20. The van der Waals surface area contributed by atoms with Crippen LogP contribution < -0.4 is 10.3 Å². The van der Waals surface area contributed by atoms with Gasteiger partial charge >= 0.3 is 0 Å². The molecule has 0 spiro atoms. The number of benzene rings is 1. The molecule has 1 aliphatic carbocycles. The van der Waals surface area contributed by atoms with E-state index in [1.54, 1.807) is 4.57 Å². The van der Waals surface area contributed by atoms with E-state index in [9.17, 15) is 9.59 Å². The molecule has 174 valence electrons. The number of hydrogen-bond donors (Lipinski definition) is 0. The first-order chi connectivity index (χ1) is 15.9. The van der Waals surface area contributed by atoms with Crippen molar-refractivity contribution in [3.05, 3.63) is 69.2 Å². The van der Waals surface area contributed by atoms with Crippen molar-refractivity contribution >= 4 is 12.0 Å². The Kier molecular flexibility index (Phi) is 6.84. The van der Waals surface area contributed by atoms with E-state index in [0.29, 0.717) is 50.6 Å².